The zero-order valence-corrected chi connectivity index (χ0v) is 16.0. The first-order chi connectivity index (χ1) is 9.87. The Labute approximate surface area is 151 Å². The van der Waals surface area contributed by atoms with Crippen molar-refractivity contribution >= 4 is 30.7 Å². The van der Waals surface area contributed by atoms with Crippen LogP contribution in [0.1, 0.15) is 33.1 Å². The normalized spacial score (nSPS) is 38.5. The summed E-state index contributed by atoms with van der Waals surface area (Å²) in [6.45, 7) is 7.88. The Balaban J connectivity index is 0.00000132. The molecule has 4 atom stereocenters. The second-order valence-electron chi connectivity index (χ2n) is 7.76. The van der Waals surface area contributed by atoms with Crippen molar-refractivity contribution in [2.24, 2.45) is 23.0 Å². The lowest BCUT2D eigenvalue weighted by atomic mass is 9.46. The molecule has 0 radical (unpaired) electrons. The van der Waals surface area contributed by atoms with Gasteiger partial charge in [0.2, 0.25) is 5.91 Å². The maximum absolute atomic E-state index is 12.8. The number of hydrogen-bond donors (Lipinski definition) is 2. The summed E-state index contributed by atoms with van der Waals surface area (Å²) in [4.78, 5) is 15.1. The van der Waals surface area contributed by atoms with Gasteiger partial charge in [-0.15, -0.1) is 24.8 Å². The van der Waals surface area contributed by atoms with Crippen molar-refractivity contribution in [2.45, 2.75) is 44.8 Å². The summed E-state index contributed by atoms with van der Waals surface area (Å²) in [6, 6.07) is 0. The van der Waals surface area contributed by atoms with Crippen molar-refractivity contribution in [3.8, 4) is 0 Å². The highest BCUT2D eigenvalue weighted by molar-refractivity contribution is 5.89. The third-order valence-electron chi connectivity index (χ3n) is 6.10. The fraction of sp³-hybridized carbons (Fsp3) is 0.938. The number of nitrogens with one attached hydrogen (secondary N) is 1. The molecule has 0 aromatic heterocycles. The van der Waals surface area contributed by atoms with E-state index >= 15 is 0 Å². The predicted molar refractivity (Wildman–Crippen MR) is 96.3 cm³/mol. The van der Waals surface area contributed by atoms with E-state index in [1.54, 1.807) is 0 Å². The van der Waals surface area contributed by atoms with Crippen LogP contribution in [0, 0.1) is 17.3 Å². The summed E-state index contributed by atoms with van der Waals surface area (Å²) >= 11 is 0. The van der Waals surface area contributed by atoms with E-state index in [0.717, 1.165) is 45.5 Å². The lowest BCUT2D eigenvalue weighted by molar-refractivity contribution is -0.225. The molecule has 2 heterocycles. The molecule has 2 saturated heterocycles. The first-order valence-electron chi connectivity index (χ1n) is 8.24. The van der Waals surface area contributed by atoms with Crippen LogP contribution in [0.4, 0.5) is 0 Å². The van der Waals surface area contributed by atoms with E-state index < -0.39 is 5.54 Å². The van der Waals surface area contributed by atoms with E-state index in [0.29, 0.717) is 5.92 Å². The molecule has 0 spiro atoms. The molecule has 3 N–H and O–H groups in total. The number of hydrogen-bond acceptors (Lipinski definition) is 4. The molecule has 3 fully saturated rings. The molecule has 7 heteroatoms. The molecule has 1 amide bonds. The Kier molecular flexibility index (Phi) is 6.79. The monoisotopic (exact) mass is 367 g/mol. The maximum Gasteiger partial charge on any atom is 0.241 e. The number of rotatable bonds is 3. The molecule has 136 valence electrons. The van der Waals surface area contributed by atoms with E-state index in [1.165, 1.54) is 0 Å². The minimum atomic E-state index is -0.775. The van der Waals surface area contributed by atoms with Gasteiger partial charge in [-0.3, -0.25) is 4.79 Å². The standard InChI is InChI=1S/C16H29N3O2.2ClH/c1-15(2)13-12(5-4-8-21-13)16(15,17)14(20)18-9-11-6-7-19(3)10-11;;/h11-13H,4-10,17H2,1-3H3,(H,18,20);2*1H. The lowest BCUT2D eigenvalue weighted by Gasteiger charge is -2.65. The first kappa shape index (κ1) is 21.0. The van der Waals surface area contributed by atoms with Gasteiger partial charge < -0.3 is 20.7 Å². The van der Waals surface area contributed by atoms with Gasteiger partial charge in [0.25, 0.3) is 0 Å². The Hall–Kier alpha value is -0.0700. The number of nitrogens with two attached hydrogens (primary N) is 1. The lowest BCUT2D eigenvalue weighted by Crippen LogP contribution is -2.82. The van der Waals surface area contributed by atoms with Gasteiger partial charge in [0, 0.05) is 31.0 Å². The molecular formula is C16H31Cl2N3O2. The molecule has 0 aromatic rings. The van der Waals surface area contributed by atoms with Gasteiger partial charge >= 0.3 is 0 Å². The maximum atomic E-state index is 12.8. The van der Waals surface area contributed by atoms with Gasteiger partial charge in [-0.05, 0) is 38.8 Å². The Morgan fingerprint density at radius 3 is 2.65 bits per heavy atom. The van der Waals surface area contributed by atoms with Crippen LogP contribution in [0.5, 0.6) is 0 Å². The zero-order valence-electron chi connectivity index (χ0n) is 14.3. The smallest absolute Gasteiger partial charge is 0.241 e. The number of nitrogens with zero attached hydrogens (tertiary/aromatic N) is 1. The quantitative estimate of drug-likeness (QED) is 0.791. The Morgan fingerprint density at radius 2 is 2.04 bits per heavy atom. The summed E-state index contributed by atoms with van der Waals surface area (Å²) in [5, 5.41) is 3.13. The number of amides is 1. The van der Waals surface area contributed by atoms with Gasteiger partial charge in [0.1, 0.15) is 5.54 Å². The molecule has 5 nitrogen and oxygen atoms in total. The van der Waals surface area contributed by atoms with Gasteiger partial charge in [-0.2, -0.15) is 0 Å². The van der Waals surface area contributed by atoms with Gasteiger partial charge in [0.15, 0.2) is 0 Å². The third-order valence-corrected chi connectivity index (χ3v) is 6.10. The van der Waals surface area contributed by atoms with Crippen LogP contribution >= 0.6 is 24.8 Å². The van der Waals surface area contributed by atoms with Crippen LogP contribution < -0.4 is 11.1 Å². The second kappa shape index (κ2) is 7.44. The summed E-state index contributed by atoms with van der Waals surface area (Å²) in [5.74, 6) is 0.755. The molecule has 23 heavy (non-hydrogen) atoms. The highest BCUT2D eigenvalue weighted by atomic mass is 35.5. The molecule has 0 bridgehead atoms. The van der Waals surface area contributed by atoms with Crippen LogP contribution in [-0.4, -0.2) is 55.7 Å². The molecule has 3 aliphatic rings. The van der Waals surface area contributed by atoms with E-state index in [9.17, 15) is 4.79 Å². The third kappa shape index (κ3) is 3.23. The number of carbonyl (C=O) groups excluding carboxylic acids is 1. The molecule has 4 unspecified atom stereocenters. The fourth-order valence-electron chi connectivity index (χ4n) is 4.61. The van der Waals surface area contributed by atoms with Crippen LogP contribution in [0.2, 0.25) is 0 Å². The van der Waals surface area contributed by atoms with Crippen LogP contribution in [0.15, 0.2) is 0 Å². The van der Waals surface area contributed by atoms with Crippen LogP contribution in [0.3, 0.4) is 0 Å². The van der Waals surface area contributed by atoms with Crippen molar-refractivity contribution in [1.29, 1.82) is 0 Å². The Bertz CT molecular complexity index is 436. The zero-order chi connectivity index (χ0) is 15.3. The average molecular weight is 368 g/mol. The Morgan fingerprint density at radius 1 is 1.35 bits per heavy atom. The first-order valence-corrected chi connectivity index (χ1v) is 8.24. The number of likely N-dealkylation sites (tertiary alicyclic amines) is 1. The van der Waals surface area contributed by atoms with E-state index in [2.05, 4.69) is 31.1 Å². The molecule has 1 saturated carbocycles. The van der Waals surface area contributed by atoms with Gasteiger partial charge in [-0.1, -0.05) is 13.8 Å². The highest BCUT2D eigenvalue weighted by Gasteiger charge is 2.70. The van der Waals surface area contributed by atoms with Crippen molar-refractivity contribution in [2.75, 3.05) is 33.3 Å². The van der Waals surface area contributed by atoms with Crippen LogP contribution in [-0.2, 0) is 9.53 Å². The minimum Gasteiger partial charge on any atom is -0.377 e. The van der Waals surface area contributed by atoms with Gasteiger partial charge in [0.05, 0.1) is 6.10 Å². The molecule has 2 aliphatic heterocycles. The van der Waals surface area contributed by atoms with E-state index in [-0.39, 0.29) is 48.2 Å². The van der Waals surface area contributed by atoms with Crippen molar-refractivity contribution < 1.29 is 9.53 Å². The summed E-state index contributed by atoms with van der Waals surface area (Å²) in [6.07, 6.45) is 3.31. The average Bonchev–Trinajstić information content (AvgIpc) is 2.89. The minimum absolute atomic E-state index is 0. The second-order valence-corrected chi connectivity index (χ2v) is 7.76. The topological polar surface area (TPSA) is 67.6 Å². The summed E-state index contributed by atoms with van der Waals surface area (Å²) in [5.41, 5.74) is 5.53. The van der Waals surface area contributed by atoms with E-state index in [1.807, 2.05) is 0 Å². The summed E-state index contributed by atoms with van der Waals surface area (Å²) in [7, 11) is 2.13. The molecular weight excluding hydrogens is 337 g/mol. The molecule has 0 aromatic carbocycles. The fourth-order valence-corrected chi connectivity index (χ4v) is 4.61. The SMILES string of the molecule is CN1CCC(CNC(=O)C2(N)C3CCCOC3C2(C)C)C1.Cl.Cl. The predicted octanol–water partition coefficient (Wildman–Crippen LogP) is 1.43. The van der Waals surface area contributed by atoms with Crippen LogP contribution in [0.25, 0.3) is 0 Å². The van der Waals surface area contributed by atoms with Gasteiger partial charge in [-0.25, -0.2) is 0 Å². The van der Waals surface area contributed by atoms with Crippen molar-refractivity contribution in [1.82, 2.24) is 10.2 Å². The van der Waals surface area contributed by atoms with Crippen molar-refractivity contribution in [3.63, 3.8) is 0 Å². The van der Waals surface area contributed by atoms with Crippen molar-refractivity contribution in [3.05, 3.63) is 0 Å². The number of ether oxygens (including phenoxy) is 1. The number of fused-ring (bicyclic) bond motifs is 1. The molecule has 3 rings (SSSR count). The number of carbonyl (C=O) groups is 1. The molecule has 1 aliphatic carbocycles. The largest absolute Gasteiger partial charge is 0.377 e. The summed E-state index contributed by atoms with van der Waals surface area (Å²) < 4.78 is 5.86. The number of halogens is 2. The highest BCUT2D eigenvalue weighted by Crippen LogP contribution is 2.57. The van der Waals surface area contributed by atoms with E-state index in [4.69, 9.17) is 10.5 Å².